The third kappa shape index (κ3) is 45.2. The zero-order valence-electron chi connectivity index (χ0n) is 39.3. The molecule has 0 saturated heterocycles. The molecule has 0 fully saturated rings. The van der Waals surface area contributed by atoms with Crippen LogP contribution >= 0.6 is 7.82 Å². The van der Waals surface area contributed by atoms with Gasteiger partial charge in [-0.2, -0.15) is 0 Å². The Morgan fingerprint density at radius 1 is 0.548 bits per heavy atom. The standard InChI is InChI=1S/C53H91N2O6P/c1-3-5-7-9-11-13-15-17-19-21-23-25-26-27-29-31-33-35-37-39-41-43-45-47-53(57)55-51(50-61-62(58,59)60-49-48-54)52(56)46-44-42-40-38-36-34-32-30-28-24-22-20-18-16-14-12-10-8-6-4-2/h5,7,11,13,17,19,23,25,27-30,33,35-36,38,44,46,51-52,56H,3-4,6,8-10,12,14-16,18,20-22,24,26,31-32,34,37,39-43,45,47-50,54H2,1-2H3,(H,55,57)(H,58,59)/b7-5-,13-11-,19-17-,25-23-,29-27-,30-28+,35-33-,38-36+,46-44+. The van der Waals surface area contributed by atoms with Gasteiger partial charge in [0.2, 0.25) is 5.91 Å². The van der Waals surface area contributed by atoms with Crippen LogP contribution in [-0.4, -0.2) is 47.8 Å². The van der Waals surface area contributed by atoms with Crippen LogP contribution in [0.4, 0.5) is 0 Å². The minimum absolute atomic E-state index is 0.0609. The van der Waals surface area contributed by atoms with Crippen LogP contribution in [-0.2, 0) is 18.4 Å². The molecule has 0 bridgehead atoms. The molecule has 8 nitrogen and oxygen atoms in total. The first-order valence-corrected chi connectivity index (χ1v) is 26.0. The first-order valence-electron chi connectivity index (χ1n) is 24.5. The lowest BCUT2D eigenvalue weighted by Gasteiger charge is -2.23. The number of nitrogens with two attached hydrogens (primary N) is 1. The van der Waals surface area contributed by atoms with Crippen LogP contribution in [0.25, 0.3) is 0 Å². The molecule has 3 atom stereocenters. The third-order valence-corrected chi connectivity index (χ3v) is 11.0. The number of phosphoric acid groups is 1. The summed E-state index contributed by atoms with van der Waals surface area (Å²) in [5, 5.41) is 13.7. The minimum atomic E-state index is -4.37. The summed E-state index contributed by atoms with van der Waals surface area (Å²) in [5.74, 6) is -0.237. The fourth-order valence-electron chi connectivity index (χ4n) is 6.40. The zero-order chi connectivity index (χ0) is 45.3. The van der Waals surface area contributed by atoms with E-state index in [1.807, 2.05) is 6.08 Å². The van der Waals surface area contributed by atoms with Crippen molar-refractivity contribution in [2.75, 3.05) is 19.8 Å². The minimum Gasteiger partial charge on any atom is -0.387 e. The van der Waals surface area contributed by atoms with E-state index in [0.29, 0.717) is 12.8 Å². The highest BCUT2D eigenvalue weighted by atomic mass is 31.2. The number of unbranched alkanes of at least 4 members (excludes halogenated alkanes) is 16. The fraction of sp³-hybridized carbons (Fsp3) is 0.642. The van der Waals surface area contributed by atoms with Gasteiger partial charge in [0.25, 0.3) is 0 Å². The van der Waals surface area contributed by atoms with Gasteiger partial charge in [-0.05, 0) is 96.3 Å². The van der Waals surface area contributed by atoms with E-state index in [9.17, 15) is 19.4 Å². The predicted molar refractivity (Wildman–Crippen MR) is 267 cm³/mol. The van der Waals surface area contributed by atoms with E-state index < -0.39 is 20.0 Å². The molecule has 62 heavy (non-hydrogen) atoms. The number of nitrogens with one attached hydrogen (secondary N) is 1. The summed E-state index contributed by atoms with van der Waals surface area (Å²) in [6.45, 7) is 3.96. The van der Waals surface area contributed by atoms with Gasteiger partial charge in [-0.15, -0.1) is 0 Å². The Morgan fingerprint density at radius 2 is 0.952 bits per heavy atom. The second kappa shape index (κ2) is 47.6. The molecule has 354 valence electrons. The van der Waals surface area contributed by atoms with Crippen LogP contribution in [0.5, 0.6) is 0 Å². The molecule has 0 aliphatic rings. The maximum Gasteiger partial charge on any atom is 0.472 e. The lowest BCUT2D eigenvalue weighted by molar-refractivity contribution is -0.123. The third-order valence-electron chi connectivity index (χ3n) is 10.1. The Hall–Kier alpha value is -2.84. The summed E-state index contributed by atoms with van der Waals surface area (Å²) in [4.78, 5) is 22.8. The van der Waals surface area contributed by atoms with Crippen molar-refractivity contribution in [2.24, 2.45) is 5.73 Å². The Bertz CT molecular complexity index is 1330. The Labute approximate surface area is 380 Å². The van der Waals surface area contributed by atoms with Gasteiger partial charge in [-0.25, -0.2) is 4.57 Å². The molecule has 1 amide bonds. The van der Waals surface area contributed by atoms with Gasteiger partial charge < -0.3 is 21.1 Å². The summed E-state index contributed by atoms with van der Waals surface area (Å²) in [7, 11) is -4.37. The van der Waals surface area contributed by atoms with Crippen LogP contribution in [0.2, 0.25) is 0 Å². The van der Waals surface area contributed by atoms with Gasteiger partial charge in [0.05, 0.1) is 25.4 Å². The second-order valence-electron chi connectivity index (χ2n) is 15.9. The summed E-state index contributed by atoms with van der Waals surface area (Å²) in [5.41, 5.74) is 5.38. The predicted octanol–water partition coefficient (Wildman–Crippen LogP) is 14.5. The highest BCUT2D eigenvalue weighted by Gasteiger charge is 2.26. The average Bonchev–Trinajstić information content (AvgIpc) is 3.26. The molecular weight excluding hydrogens is 792 g/mol. The number of hydrogen-bond acceptors (Lipinski definition) is 6. The Kier molecular flexibility index (Phi) is 45.5. The van der Waals surface area contributed by atoms with E-state index in [4.69, 9.17) is 14.8 Å². The SMILES string of the molecule is CC/C=C\C/C=C\C/C=C\C/C=C\C/C=C\C/C=C\CCCCCCC(=O)NC(COP(=O)(O)OCCN)C(O)/C=C/CC/C=C/CC/C=C/CCCCCCCCCCCC. The number of aliphatic hydroxyl groups is 1. The number of rotatable bonds is 44. The lowest BCUT2D eigenvalue weighted by Crippen LogP contribution is -2.45. The smallest absolute Gasteiger partial charge is 0.387 e. The van der Waals surface area contributed by atoms with Crippen molar-refractivity contribution in [1.29, 1.82) is 0 Å². The molecule has 0 aromatic carbocycles. The second-order valence-corrected chi connectivity index (χ2v) is 17.4. The van der Waals surface area contributed by atoms with Gasteiger partial charge >= 0.3 is 7.82 Å². The molecule has 0 radical (unpaired) electrons. The molecule has 0 aliphatic heterocycles. The number of carbonyl (C=O) groups is 1. The topological polar surface area (TPSA) is 131 Å². The number of amides is 1. The summed E-state index contributed by atoms with van der Waals surface area (Å²) in [6.07, 6.45) is 67.2. The van der Waals surface area contributed by atoms with Crippen molar-refractivity contribution in [3.05, 3.63) is 109 Å². The highest BCUT2D eigenvalue weighted by molar-refractivity contribution is 7.47. The number of aliphatic hydroxyl groups excluding tert-OH is 1. The van der Waals surface area contributed by atoms with Crippen LogP contribution in [0, 0.1) is 0 Å². The Balaban J connectivity index is 4.31. The van der Waals surface area contributed by atoms with Crippen LogP contribution in [0.1, 0.15) is 187 Å². The quantitative estimate of drug-likeness (QED) is 0.0272. The van der Waals surface area contributed by atoms with E-state index in [2.05, 4.69) is 116 Å². The molecule has 0 aromatic heterocycles. The van der Waals surface area contributed by atoms with Gasteiger partial charge in [-0.1, -0.05) is 194 Å². The highest BCUT2D eigenvalue weighted by Crippen LogP contribution is 2.43. The number of allylic oxidation sites excluding steroid dienone is 17. The van der Waals surface area contributed by atoms with Crippen LogP contribution < -0.4 is 11.1 Å². The summed E-state index contributed by atoms with van der Waals surface area (Å²) >= 11 is 0. The largest absolute Gasteiger partial charge is 0.472 e. The van der Waals surface area contributed by atoms with E-state index in [1.165, 1.54) is 70.6 Å². The zero-order valence-corrected chi connectivity index (χ0v) is 40.2. The maximum atomic E-state index is 12.8. The van der Waals surface area contributed by atoms with Crippen molar-refractivity contribution < 1.29 is 28.4 Å². The van der Waals surface area contributed by atoms with Crippen molar-refractivity contribution in [3.63, 3.8) is 0 Å². The van der Waals surface area contributed by atoms with E-state index in [-0.39, 0.29) is 25.7 Å². The van der Waals surface area contributed by atoms with Gasteiger partial charge in [-0.3, -0.25) is 13.8 Å². The number of phosphoric ester groups is 1. The first-order chi connectivity index (χ1) is 30.4. The van der Waals surface area contributed by atoms with Crippen molar-refractivity contribution in [3.8, 4) is 0 Å². The number of hydrogen-bond donors (Lipinski definition) is 4. The van der Waals surface area contributed by atoms with Gasteiger partial charge in [0.15, 0.2) is 0 Å². The average molecular weight is 883 g/mol. The molecule has 0 saturated carbocycles. The van der Waals surface area contributed by atoms with E-state index in [1.54, 1.807) is 6.08 Å². The van der Waals surface area contributed by atoms with E-state index in [0.717, 1.165) is 89.9 Å². The summed E-state index contributed by atoms with van der Waals surface area (Å²) in [6, 6.07) is -0.906. The molecule has 3 unspecified atom stereocenters. The summed E-state index contributed by atoms with van der Waals surface area (Å²) < 4.78 is 22.2. The lowest BCUT2D eigenvalue weighted by atomic mass is 10.1. The van der Waals surface area contributed by atoms with Crippen LogP contribution in [0.3, 0.4) is 0 Å². The molecule has 0 heterocycles. The molecular formula is C53H91N2O6P. The van der Waals surface area contributed by atoms with Crippen molar-refractivity contribution in [1.82, 2.24) is 5.32 Å². The molecule has 0 aromatic rings. The Morgan fingerprint density at radius 3 is 1.44 bits per heavy atom. The van der Waals surface area contributed by atoms with Gasteiger partial charge in [0.1, 0.15) is 0 Å². The monoisotopic (exact) mass is 883 g/mol. The molecule has 5 N–H and O–H groups in total. The van der Waals surface area contributed by atoms with E-state index >= 15 is 0 Å². The van der Waals surface area contributed by atoms with Crippen molar-refractivity contribution >= 4 is 13.7 Å². The van der Waals surface area contributed by atoms with Gasteiger partial charge in [0, 0.05) is 13.0 Å². The maximum absolute atomic E-state index is 12.8. The fourth-order valence-corrected chi connectivity index (χ4v) is 7.16. The van der Waals surface area contributed by atoms with Crippen LogP contribution in [0.15, 0.2) is 109 Å². The molecule has 0 spiro atoms. The number of carbonyl (C=O) groups excluding carboxylic acids is 1. The normalized spacial score (nSPS) is 14.9. The molecule has 0 rings (SSSR count). The van der Waals surface area contributed by atoms with Crippen molar-refractivity contribution in [2.45, 2.75) is 199 Å². The molecule has 0 aliphatic carbocycles. The molecule has 9 heteroatoms. The first kappa shape index (κ1) is 59.2.